The smallest absolute Gasteiger partial charge is 0.124 e. The molecule has 0 radical (unpaired) electrons. The highest BCUT2D eigenvalue weighted by molar-refractivity contribution is 5.56. The molecule has 2 aromatic carbocycles. The van der Waals surface area contributed by atoms with Crippen molar-refractivity contribution >= 4 is 6.29 Å². The number of hydrogen-bond acceptors (Lipinski definition) is 2. The third kappa shape index (κ3) is 3.45. The van der Waals surface area contributed by atoms with Crippen molar-refractivity contribution in [2.75, 3.05) is 6.61 Å². The number of aldehydes is 1. The maximum absolute atomic E-state index is 10.6. The monoisotopic (exact) mass is 240 g/mol. The SMILES string of the molecule is O=CCc1ccccc1CCOc1ccccc1. The molecule has 2 aromatic rings. The molecule has 92 valence electrons. The first-order valence-corrected chi connectivity index (χ1v) is 6.08. The molecule has 0 N–H and O–H groups in total. The van der Waals surface area contributed by atoms with Gasteiger partial charge in [-0.3, -0.25) is 0 Å². The van der Waals surface area contributed by atoms with Gasteiger partial charge in [-0.1, -0.05) is 42.5 Å². The zero-order chi connectivity index (χ0) is 12.6. The van der Waals surface area contributed by atoms with Crippen molar-refractivity contribution in [3.05, 3.63) is 65.7 Å². The Kier molecular flexibility index (Phi) is 4.53. The highest BCUT2D eigenvalue weighted by atomic mass is 16.5. The summed E-state index contributed by atoms with van der Waals surface area (Å²) in [6.45, 7) is 0.625. The first-order chi connectivity index (χ1) is 8.90. The van der Waals surface area contributed by atoms with E-state index in [-0.39, 0.29) is 0 Å². The van der Waals surface area contributed by atoms with Crippen molar-refractivity contribution in [2.24, 2.45) is 0 Å². The topological polar surface area (TPSA) is 26.3 Å². The molecular formula is C16H16O2. The van der Waals surface area contributed by atoms with Crippen molar-refractivity contribution in [2.45, 2.75) is 12.8 Å². The van der Waals surface area contributed by atoms with Crippen molar-refractivity contribution in [1.29, 1.82) is 0 Å². The van der Waals surface area contributed by atoms with Crippen molar-refractivity contribution in [1.82, 2.24) is 0 Å². The Morgan fingerprint density at radius 3 is 2.28 bits per heavy atom. The van der Waals surface area contributed by atoms with E-state index in [4.69, 9.17) is 4.74 Å². The fourth-order valence-electron chi connectivity index (χ4n) is 1.89. The summed E-state index contributed by atoms with van der Waals surface area (Å²) in [7, 11) is 0. The van der Waals surface area contributed by atoms with E-state index in [0.29, 0.717) is 13.0 Å². The standard InChI is InChI=1S/C16H16O2/c17-12-10-14-6-4-5-7-15(14)11-13-18-16-8-2-1-3-9-16/h1-9,12H,10-11,13H2. The molecule has 0 saturated heterocycles. The van der Waals surface area contributed by atoms with Gasteiger partial charge < -0.3 is 9.53 Å². The number of rotatable bonds is 6. The average molecular weight is 240 g/mol. The molecule has 0 aliphatic heterocycles. The van der Waals surface area contributed by atoms with Gasteiger partial charge in [0.05, 0.1) is 6.61 Å². The zero-order valence-corrected chi connectivity index (χ0v) is 10.2. The summed E-state index contributed by atoms with van der Waals surface area (Å²) in [5.41, 5.74) is 2.27. The van der Waals surface area contributed by atoms with Crippen LogP contribution in [-0.2, 0) is 17.6 Å². The number of benzene rings is 2. The second kappa shape index (κ2) is 6.60. The van der Waals surface area contributed by atoms with E-state index in [0.717, 1.165) is 24.0 Å². The number of para-hydroxylation sites is 1. The molecule has 0 amide bonds. The fourth-order valence-corrected chi connectivity index (χ4v) is 1.89. The summed E-state index contributed by atoms with van der Waals surface area (Å²) in [5, 5.41) is 0. The largest absolute Gasteiger partial charge is 0.493 e. The molecule has 2 rings (SSSR count). The molecule has 18 heavy (non-hydrogen) atoms. The van der Waals surface area contributed by atoms with E-state index >= 15 is 0 Å². The van der Waals surface area contributed by atoms with Gasteiger partial charge in [0.1, 0.15) is 12.0 Å². The molecule has 0 saturated carbocycles. The lowest BCUT2D eigenvalue weighted by atomic mass is 10.0. The predicted octanol–water partition coefficient (Wildman–Crippen LogP) is 3.05. The molecule has 0 aliphatic rings. The Bertz CT molecular complexity index is 491. The van der Waals surface area contributed by atoms with Gasteiger partial charge >= 0.3 is 0 Å². The normalized spacial score (nSPS) is 10.0. The summed E-state index contributed by atoms with van der Waals surface area (Å²) < 4.78 is 5.65. The molecule has 0 spiro atoms. The minimum atomic E-state index is 0.474. The quantitative estimate of drug-likeness (QED) is 0.725. The van der Waals surface area contributed by atoms with Crippen LogP contribution in [0.4, 0.5) is 0 Å². The maximum atomic E-state index is 10.6. The van der Waals surface area contributed by atoms with Gasteiger partial charge in [0, 0.05) is 12.8 Å². The molecular weight excluding hydrogens is 224 g/mol. The van der Waals surface area contributed by atoms with Crippen LogP contribution in [0.2, 0.25) is 0 Å². The van der Waals surface area contributed by atoms with E-state index in [9.17, 15) is 4.79 Å². The fraction of sp³-hybridized carbons (Fsp3) is 0.188. The summed E-state index contributed by atoms with van der Waals surface area (Å²) in [6, 6.07) is 17.7. The van der Waals surface area contributed by atoms with Crippen LogP contribution in [0.3, 0.4) is 0 Å². The highest BCUT2D eigenvalue weighted by Gasteiger charge is 2.01. The predicted molar refractivity (Wildman–Crippen MR) is 71.9 cm³/mol. The second-order valence-electron chi connectivity index (χ2n) is 4.05. The van der Waals surface area contributed by atoms with Crippen molar-refractivity contribution in [3.63, 3.8) is 0 Å². The van der Waals surface area contributed by atoms with Gasteiger partial charge in [-0.2, -0.15) is 0 Å². The zero-order valence-electron chi connectivity index (χ0n) is 10.2. The molecule has 2 nitrogen and oxygen atoms in total. The maximum Gasteiger partial charge on any atom is 0.124 e. The second-order valence-corrected chi connectivity index (χ2v) is 4.05. The Hall–Kier alpha value is -2.09. The van der Waals surface area contributed by atoms with Crippen LogP contribution in [0.5, 0.6) is 5.75 Å². The lowest BCUT2D eigenvalue weighted by molar-refractivity contribution is -0.107. The molecule has 2 heteroatoms. The minimum Gasteiger partial charge on any atom is -0.493 e. The lowest BCUT2D eigenvalue weighted by Gasteiger charge is -2.08. The average Bonchev–Trinajstić information content (AvgIpc) is 2.42. The number of carbonyl (C=O) groups excluding carboxylic acids is 1. The Balaban J connectivity index is 1.92. The lowest BCUT2D eigenvalue weighted by Crippen LogP contribution is -2.04. The third-order valence-corrected chi connectivity index (χ3v) is 2.80. The van der Waals surface area contributed by atoms with Crippen LogP contribution in [0.15, 0.2) is 54.6 Å². The van der Waals surface area contributed by atoms with E-state index in [1.807, 2.05) is 54.6 Å². The van der Waals surface area contributed by atoms with E-state index in [2.05, 4.69) is 0 Å². The summed E-state index contributed by atoms with van der Waals surface area (Å²) in [4.78, 5) is 10.6. The minimum absolute atomic E-state index is 0.474. The van der Waals surface area contributed by atoms with Crippen molar-refractivity contribution in [3.8, 4) is 5.75 Å². The van der Waals surface area contributed by atoms with Crippen LogP contribution in [0.25, 0.3) is 0 Å². The number of ether oxygens (including phenoxy) is 1. The van der Waals surface area contributed by atoms with Gasteiger partial charge in [-0.05, 0) is 23.3 Å². The molecule has 0 heterocycles. The molecule has 0 aliphatic carbocycles. The van der Waals surface area contributed by atoms with E-state index < -0.39 is 0 Å². The third-order valence-electron chi connectivity index (χ3n) is 2.80. The first kappa shape index (κ1) is 12.4. The molecule has 0 bridgehead atoms. The highest BCUT2D eigenvalue weighted by Crippen LogP contribution is 2.12. The summed E-state index contributed by atoms with van der Waals surface area (Å²) >= 11 is 0. The van der Waals surface area contributed by atoms with E-state index in [1.165, 1.54) is 5.56 Å². The number of hydrogen-bond donors (Lipinski definition) is 0. The van der Waals surface area contributed by atoms with Crippen LogP contribution in [0.1, 0.15) is 11.1 Å². The van der Waals surface area contributed by atoms with Crippen LogP contribution < -0.4 is 4.74 Å². The Morgan fingerprint density at radius 1 is 0.889 bits per heavy atom. The van der Waals surface area contributed by atoms with Crippen LogP contribution >= 0.6 is 0 Å². The summed E-state index contributed by atoms with van der Waals surface area (Å²) in [5.74, 6) is 0.880. The molecule has 0 unspecified atom stereocenters. The summed E-state index contributed by atoms with van der Waals surface area (Å²) in [6.07, 6.45) is 2.23. The van der Waals surface area contributed by atoms with Gasteiger partial charge in [-0.15, -0.1) is 0 Å². The first-order valence-electron chi connectivity index (χ1n) is 6.08. The van der Waals surface area contributed by atoms with Gasteiger partial charge in [0.2, 0.25) is 0 Å². The molecule has 0 aromatic heterocycles. The van der Waals surface area contributed by atoms with Gasteiger partial charge in [-0.25, -0.2) is 0 Å². The van der Waals surface area contributed by atoms with E-state index in [1.54, 1.807) is 0 Å². The molecule has 0 fully saturated rings. The Morgan fingerprint density at radius 2 is 1.56 bits per heavy atom. The van der Waals surface area contributed by atoms with Crippen LogP contribution in [-0.4, -0.2) is 12.9 Å². The van der Waals surface area contributed by atoms with Gasteiger partial charge in [0.25, 0.3) is 0 Å². The van der Waals surface area contributed by atoms with Crippen LogP contribution in [0, 0.1) is 0 Å². The Labute approximate surface area is 107 Å². The van der Waals surface area contributed by atoms with Gasteiger partial charge in [0.15, 0.2) is 0 Å². The number of carbonyl (C=O) groups is 1. The van der Waals surface area contributed by atoms with Crippen molar-refractivity contribution < 1.29 is 9.53 Å². The molecule has 0 atom stereocenters.